The Morgan fingerprint density at radius 1 is 1.05 bits per heavy atom. The lowest BCUT2D eigenvalue weighted by Gasteiger charge is -2.26. The fraction of sp³-hybridized carbons (Fsp3) is 0.172. The average Bonchev–Trinajstić information content (AvgIpc) is 3.39. The average molecular weight is 666 g/mol. The van der Waals surface area contributed by atoms with Crippen LogP contribution in [0.25, 0.3) is 33.5 Å². The van der Waals surface area contributed by atoms with Crippen LogP contribution in [0.5, 0.6) is 5.75 Å². The molecule has 1 amide bonds. The summed E-state index contributed by atoms with van der Waals surface area (Å²) in [6.45, 7) is 2.14. The number of ether oxygens (including phenoxy) is 2. The number of furan rings is 1. The smallest absolute Gasteiger partial charge is 0.282 e. The Balaban J connectivity index is 1.30. The first-order chi connectivity index (χ1) is 19.5. The van der Waals surface area contributed by atoms with Gasteiger partial charge in [-0.3, -0.25) is 9.59 Å². The van der Waals surface area contributed by atoms with Gasteiger partial charge in [0.2, 0.25) is 5.82 Å². The van der Waals surface area contributed by atoms with Crippen LogP contribution in [0.15, 0.2) is 90.0 Å². The molecule has 11 heteroatoms. The Labute approximate surface area is 245 Å². The minimum Gasteiger partial charge on any atom is -0.483 e. The summed E-state index contributed by atoms with van der Waals surface area (Å²) >= 11 is 6.99. The van der Waals surface area contributed by atoms with Crippen molar-refractivity contribution in [1.29, 1.82) is 0 Å². The predicted molar refractivity (Wildman–Crippen MR) is 159 cm³/mol. The number of fused-ring (bicyclic) bond motifs is 2. The van der Waals surface area contributed by atoms with Crippen LogP contribution in [-0.2, 0) is 9.53 Å². The van der Waals surface area contributed by atoms with E-state index in [1.807, 2.05) is 30.3 Å². The Bertz CT molecular complexity index is 1830. The first-order valence-corrected chi connectivity index (χ1v) is 14.1. The van der Waals surface area contributed by atoms with Gasteiger partial charge in [-0.05, 0) is 76.1 Å². The van der Waals surface area contributed by atoms with Crippen molar-refractivity contribution < 1.29 is 18.7 Å². The van der Waals surface area contributed by atoms with Gasteiger partial charge in [0.25, 0.3) is 11.5 Å². The number of carbonyl (C=O) groups excluding carboxylic acids is 1. The fourth-order valence-electron chi connectivity index (χ4n) is 4.40. The molecule has 5 aromatic rings. The topological polar surface area (TPSA) is 99.2 Å². The van der Waals surface area contributed by atoms with Gasteiger partial charge in [-0.15, -0.1) is 0 Å². The van der Waals surface area contributed by atoms with Crippen molar-refractivity contribution >= 4 is 65.9 Å². The maximum Gasteiger partial charge on any atom is 0.282 e. The molecule has 0 atom stereocenters. The maximum absolute atomic E-state index is 13.5. The lowest BCUT2D eigenvalue weighted by atomic mass is 10.2. The monoisotopic (exact) mass is 664 g/mol. The Morgan fingerprint density at radius 2 is 1.88 bits per heavy atom. The number of benzene rings is 3. The summed E-state index contributed by atoms with van der Waals surface area (Å²) in [7, 11) is 0. The number of carbonyl (C=O) groups is 1. The Morgan fingerprint density at radius 3 is 2.70 bits per heavy atom. The van der Waals surface area contributed by atoms with Gasteiger partial charge >= 0.3 is 0 Å². The van der Waals surface area contributed by atoms with E-state index in [9.17, 15) is 9.59 Å². The number of morpholine rings is 1. The number of para-hydroxylation sites is 1. The van der Waals surface area contributed by atoms with Crippen molar-refractivity contribution in [2.24, 2.45) is 5.10 Å². The van der Waals surface area contributed by atoms with Gasteiger partial charge in [-0.1, -0.05) is 28.1 Å². The van der Waals surface area contributed by atoms with Crippen LogP contribution < -0.4 is 10.3 Å². The van der Waals surface area contributed by atoms with Gasteiger partial charge in [-0.2, -0.15) is 9.78 Å². The summed E-state index contributed by atoms with van der Waals surface area (Å²) in [4.78, 5) is 32.4. The van der Waals surface area contributed by atoms with Crippen LogP contribution in [0.3, 0.4) is 0 Å². The third kappa shape index (κ3) is 5.45. The molecule has 2 aromatic heterocycles. The van der Waals surface area contributed by atoms with E-state index in [1.165, 1.54) is 4.68 Å². The predicted octanol–water partition coefficient (Wildman–Crippen LogP) is 5.45. The second kappa shape index (κ2) is 11.4. The first-order valence-electron chi connectivity index (χ1n) is 12.5. The molecular formula is C29H22Br2N4O5. The molecule has 3 heterocycles. The highest BCUT2D eigenvalue weighted by Gasteiger charge is 2.18. The van der Waals surface area contributed by atoms with E-state index < -0.39 is 0 Å². The molecule has 9 nitrogen and oxygen atoms in total. The number of hydrogen-bond acceptors (Lipinski definition) is 7. The molecule has 0 spiro atoms. The van der Waals surface area contributed by atoms with Crippen molar-refractivity contribution in [1.82, 2.24) is 14.6 Å². The zero-order chi connectivity index (χ0) is 27.6. The number of nitrogens with zero attached hydrogens (tertiary/aromatic N) is 4. The van der Waals surface area contributed by atoms with Crippen LogP contribution in [0.2, 0.25) is 0 Å². The molecule has 6 rings (SSSR count). The summed E-state index contributed by atoms with van der Waals surface area (Å²) in [6, 6.07) is 20.0. The zero-order valence-corrected chi connectivity index (χ0v) is 24.2. The number of aromatic nitrogens is 2. The highest BCUT2D eigenvalue weighted by atomic mass is 79.9. The Kier molecular flexibility index (Phi) is 7.50. The van der Waals surface area contributed by atoms with E-state index >= 15 is 0 Å². The van der Waals surface area contributed by atoms with Crippen LogP contribution >= 0.6 is 31.9 Å². The molecule has 1 fully saturated rings. The van der Waals surface area contributed by atoms with Crippen molar-refractivity contribution in [3.63, 3.8) is 0 Å². The van der Waals surface area contributed by atoms with E-state index in [1.54, 1.807) is 47.5 Å². The highest BCUT2D eigenvalue weighted by Crippen LogP contribution is 2.29. The number of halogens is 2. The highest BCUT2D eigenvalue weighted by molar-refractivity contribution is 9.10. The van der Waals surface area contributed by atoms with Crippen LogP contribution in [-0.4, -0.2) is 59.6 Å². The molecule has 0 saturated carbocycles. The molecular weight excluding hydrogens is 644 g/mol. The van der Waals surface area contributed by atoms with E-state index in [-0.39, 0.29) is 23.9 Å². The van der Waals surface area contributed by atoms with E-state index in [2.05, 4.69) is 37.0 Å². The minimum atomic E-state index is -0.320. The number of amides is 1. The molecule has 0 bridgehead atoms. The first kappa shape index (κ1) is 26.4. The molecule has 1 saturated heterocycles. The fourth-order valence-corrected chi connectivity index (χ4v) is 5.29. The number of rotatable bonds is 6. The zero-order valence-electron chi connectivity index (χ0n) is 21.0. The normalized spacial score (nSPS) is 13.9. The van der Waals surface area contributed by atoms with E-state index in [0.717, 1.165) is 9.86 Å². The SMILES string of the molecule is O=C(COc1ccc(C=Nn2c(-c3cc4cc(Br)ccc4o3)nc3ccccc3c2=O)cc1Br)N1CCOCC1. The van der Waals surface area contributed by atoms with Gasteiger partial charge in [0.05, 0.1) is 34.8 Å². The molecule has 0 radical (unpaired) electrons. The molecule has 1 aliphatic rings. The van der Waals surface area contributed by atoms with Crippen LogP contribution in [0.4, 0.5) is 0 Å². The molecule has 1 aliphatic heterocycles. The van der Waals surface area contributed by atoms with Gasteiger partial charge in [-0.25, -0.2) is 4.98 Å². The molecule has 0 unspecified atom stereocenters. The maximum atomic E-state index is 13.5. The van der Waals surface area contributed by atoms with Crippen molar-refractivity contribution in [2.45, 2.75) is 0 Å². The van der Waals surface area contributed by atoms with Crippen molar-refractivity contribution in [3.8, 4) is 17.3 Å². The number of hydrogen-bond donors (Lipinski definition) is 0. The standard InChI is InChI=1S/C29H22Br2N4O5/c30-20-6-8-24-19(14-20)15-26(40-24)28-33-23-4-2-1-3-21(23)29(37)35(28)32-16-18-5-7-25(22(31)13-18)39-17-27(36)34-9-11-38-12-10-34/h1-8,13-16H,9-12,17H2. The second-order valence-electron chi connectivity index (χ2n) is 9.08. The third-order valence-corrected chi connectivity index (χ3v) is 7.56. The van der Waals surface area contributed by atoms with Gasteiger partial charge in [0.1, 0.15) is 11.3 Å². The summed E-state index contributed by atoms with van der Waals surface area (Å²) in [5.41, 5.74) is 1.60. The molecule has 0 aliphatic carbocycles. The quantitative estimate of drug-likeness (QED) is 0.224. The Hall–Kier alpha value is -3.80. The molecule has 40 heavy (non-hydrogen) atoms. The second-order valence-corrected chi connectivity index (χ2v) is 10.8. The molecule has 3 aromatic carbocycles. The van der Waals surface area contributed by atoms with E-state index in [4.69, 9.17) is 18.9 Å². The van der Waals surface area contributed by atoms with Gasteiger partial charge in [0, 0.05) is 22.9 Å². The third-order valence-electron chi connectivity index (χ3n) is 6.45. The molecule has 0 N–H and O–H groups in total. The largest absolute Gasteiger partial charge is 0.483 e. The van der Waals surface area contributed by atoms with Crippen molar-refractivity contribution in [3.05, 3.63) is 91.6 Å². The van der Waals surface area contributed by atoms with Gasteiger partial charge < -0.3 is 18.8 Å². The summed E-state index contributed by atoms with van der Waals surface area (Å²) < 4.78 is 19.9. The molecule has 202 valence electrons. The van der Waals surface area contributed by atoms with Crippen LogP contribution in [0.1, 0.15) is 5.56 Å². The van der Waals surface area contributed by atoms with Crippen LogP contribution in [0, 0.1) is 0 Å². The summed E-state index contributed by atoms with van der Waals surface area (Å²) in [6.07, 6.45) is 1.56. The summed E-state index contributed by atoms with van der Waals surface area (Å²) in [5, 5.41) is 5.82. The minimum absolute atomic E-state index is 0.0678. The van der Waals surface area contributed by atoms with E-state index in [0.29, 0.717) is 64.3 Å². The lowest BCUT2D eigenvalue weighted by Crippen LogP contribution is -2.43. The van der Waals surface area contributed by atoms with Crippen molar-refractivity contribution in [2.75, 3.05) is 32.9 Å². The van der Waals surface area contributed by atoms with Gasteiger partial charge in [0.15, 0.2) is 12.4 Å². The summed E-state index contributed by atoms with van der Waals surface area (Å²) in [5.74, 6) is 1.14. The lowest BCUT2D eigenvalue weighted by molar-refractivity contribution is -0.137.